The standard InChI is InChI=1S/C15H26N4O/c1-15(2,3)13(10-19-8-7-17-11-19)18-14(20)12-5-4-6-16-9-12/h7-8,11-13,16H,4-6,9-10H2,1-3H3,(H,18,20). The van der Waals surface area contributed by atoms with Crippen molar-refractivity contribution in [3.8, 4) is 0 Å². The quantitative estimate of drug-likeness (QED) is 0.875. The average molecular weight is 278 g/mol. The van der Waals surface area contributed by atoms with Gasteiger partial charge in [-0.15, -0.1) is 0 Å². The SMILES string of the molecule is CC(C)(C)C(Cn1ccnc1)NC(=O)C1CCCNC1. The molecule has 1 aliphatic rings. The molecule has 0 aliphatic carbocycles. The van der Waals surface area contributed by atoms with Crippen LogP contribution >= 0.6 is 0 Å². The fraction of sp³-hybridized carbons (Fsp3) is 0.733. The smallest absolute Gasteiger partial charge is 0.224 e. The van der Waals surface area contributed by atoms with Crippen molar-refractivity contribution in [1.82, 2.24) is 20.2 Å². The fourth-order valence-electron chi connectivity index (χ4n) is 2.51. The third-order valence-corrected chi connectivity index (χ3v) is 3.98. The van der Waals surface area contributed by atoms with Gasteiger partial charge in [0, 0.05) is 25.5 Å². The van der Waals surface area contributed by atoms with Crippen LogP contribution in [-0.4, -0.2) is 34.6 Å². The lowest BCUT2D eigenvalue weighted by molar-refractivity contribution is -0.127. The normalized spacial score (nSPS) is 21.4. The van der Waals surface area contributed by atoms with Crippen molar-refractivity contribution in [2.45, 2.75) is 46.2 Å². The summed E-state index contributed by atoms with van der Waals surface area (Å²) in [5, 5.41) is 6.53. The van der Waals surface area contributed by atoms with Crippen LogP contribution in [0.25, 0.3) is 0 Å². The largest absolute Gasteiger partial charge is 0.351 e. The molecule has 1 aliphatic heterocycles. The van der Waals surface area contributed by atoms with E-state index in [-0.39, 0.29) is 23.3 Å². The van der Waals surface area contributed by atoms with Crippen molar-refractivity contribution in [1.29, 1.82) is 0 Å². The van der Waals surface area contributed by atoms with Crippen molar-refractivity contribution in [3.63, 3.8) is 0 Å². The highest BCUT2D eigenvalue weighted by atomic mass is 16.2. The van der Waals surface area contributed by atoms with Crippen molar-refractivity contribution in [2.75, 3.05) is 13.1 Å². The van der Waals surface area contributed by atoms with Gasteiger partial charge < -0.3 is 15.2 Å². The highest BCUT2D eigenvalue weighted by Crippen LogP contribution is 2.22. The summed E-state index contributed by atoms with van der Waals surface area (Å²) in [5.74, 6) is 0.286. The molecule has 0 saturated carbocycles. The Balaban J connectivity index is 1.98. The van der Waals surface area contributed by atoms with E-state index >= 15 is 0 Å². The number of hydrogen-bond acceptors (Lipinski definition) is 3. The van der Waals surface area contributed by atoms with Gasteiger partial charge in [0.15, 0.2) is 0 Å². The summed E-state index contributed by atoms with van der Waals surface area (Å²) in [5.41, 5.74) is 0.0159. The van der Waals surface area contributed by atoms with Gasteiger partial charge in [0.1, 0.15) is 0 Å². The van der Waals surface area contributed by atoms with Crippen LogP contribution in [0.1, 0.15) is 33.6 Å². The topological polar surface area (TPSA) is 59.0 Å². The van der Waals surface area contributed by atoms with E-state index in [1.807, 2.05) is 10.8 Å². The number of hydrogen-bond donors (Lipinski definition) is 2. The Kier molecular flexibility index (Phi) is 4.81. The van der Waals surface area contributed by atoms with Gasteiger partial charge >= 0.3 is 0 Å². The molecule has 2 N–H and O–H groups in total. The van der Waals surface area contributed by atoms with E-state index in [9.17, 15) is 4.79 Å². The van der Waals surface area contributed by atoms with Gasteiger partial charge in [-0.2, -0.15) is 0 Å². The number of rotatable bonds is 4. The number of carbonyl (C=O) groups excluding carboxylic acids is 1. The van der Waals surface area contributed by atoms with Crippen LogP contribution < -0.4 is 10.6 Å². The highest BCUT2D eigenvalue weighted by molar-refractivity contribution is 5.79. The van der Waals surface area contributed by atoms with Crippen LogP contribution in [0.4, 0.5) is 0 Å². The first-order valence-corrected chi connectivity index (χ1v) is 7.43. The third kappa shape index (κ3) is 4.07. The van der Waals surface area contributed by atoms with Gasteiger partial charge in [0.2, 0.25) is 5.91 Å². The highest BCUT2D eigenvalue weighted by Gasteiger charge is 2.29. The molecule has 2 unspecified atom stereocenters. The van der Waals surface area contributed by atoms with Crippen LogP contribution in [0.3, 0.4) is 0 Å². The molecule has 1 fully saturated rings. The maximum atomic E-state index is 12.4. The lowest BCUT2D eigenvalue weighted by atomic mass is 9.86. The van der Waals surface area contributed by atoms with E-state index in [1.165, 1.54) is 0 Å². The molecular weight excluding hydrogens is 252 g/mol. The summed E-state index contributed by atoms with van der Waals surface area (Å²) >= 11 is 0. The fourth-order valence-corrected chi connectivity index (χ4v) is 2.51. The predicted molar refractivity (Wildman–Crippen MR) is 79.2 cm³/mol. The van der Waals surface area contributed by atoms with Gasteiger partial charge in [-0.1, -0.05) is 20.8 Å². The number of carbonyl (C=O) groups is 1. The van der Waals surface area contributed by atoms with Gasteiger partial charge in [0.05, 0.1) is 18.3 Å². The summed E-state index contributed by atoms with van der Waals surface area (Å²) in [6.45, 7) is 9.07. The minimum Gasteiger partial charge on any atom is -0.351 e. The first-order valence-electron chi connectivity index (χ1n) is 7.43. The summed E-state index contributed by atoms with van der Waals surface area (Å²) in [6, 6.07) is 0.103. The molecule has 1 saturated heterocycles. The van der Waals surface area contributed by atoms with Crippen LogP contribution in [0.2, 0.25) is 0 Å². The Labute approximate surface area is 121 Å². The van der Waals surface area contributed by atoms with E-state index in [2.05, 4.69) is 36.4 Å². The maximum absolute atomic E-state index is 12.4. The van der Waals surface area contributed by atoms with Crippen molar-refractivity contribution in [3.05, 3.63) is 18.7 Å². The van der Waals surface area contributed by atoms with Crippen LogP contribution in [0.5, 0.6) is 0 Å². The van der Waals surface area contributed by atoms with Crippen molar-refractivity contribution in [2.24, 2.45) is 11.3 Å². The summed E-state index contributed by atoms with van der Waals surface area (Å²) in [4.78, 5) is 16.5. The second-order valence-corrected chi connectivity index (χ2v) is 6.73. The van der Waals surface area contributed by atoms with Gasteiger partial charge in [-0.3, -0.25) is 4.79 Å². The second kappa shape index (κ2) is 6.39. The molecule has 1 amide bonds. The Hall–Kier alpha value is -1.36. The Morgan fingerprint density at radius 3 is 2.90 bits per heavy atom. The molecule has 112 valence electrons. The first kappa shape index (κ1) is 15.0. The molecular formula is C15H26N4O. The molecule has 2 atom stereocenters. The predicted octanol–water partition coefficient (Wildman–Crippen LogP) is 1.41. The van der Waals surface area contributed by atoms with E-state index in [0.29, 0.717) is 0 Å². The number of imidazole rings is 1. The number of nitrogens with zero attached hydrogens (tertiary/aromatic N) is 2. The Morgan fingerprint density at radius 1 is 1.55 bits per heavy atom. The number of aromatic nitrogens is 2. The van der Waals surface area contributed by atoms with Crippen molar-refractivity contribution >= 4 is 5.91 Å². The Morgan fingerprint density at radius 2 is 2.35 bits per heavy atom. The first-order chi connectivity index (χ1) is 9.47. The number of nitrogens with one attached hydrogen (secondary N) is 2. The van der Waals surface area contributed by atoms with Crippen molar-refractivity contribution < 1.29 is 4.79 Å². The number of amides is 1. The van der Waals surface area contributed by atoms with Crippen LogP contribution in [0, 0.1) is 11.3 Å². The Bertz CT molecular complexity index is 416. The average Bonchev–Trinajstić information content (AvgIpc) is 2.91. The minimum atomic E-state index is 0.0159. The molecule has 0 spiro atoms. The summed E-state index contributed by atoms with van der Waals surface area (Å²) in [6.07, 6.45) is 7.58. The maximum Gasteiger partial charge on any atom is 0.224 e. The molecule has 20 heavy (non-hydrogen) atoms. The lowest BCUT2D eigenvalue weighted by Crippen LogP contribution is -2.50. The zero-order valence-electron chi connectivity index (χ0n) is 12.7. The molecule has 0 bridgehead atoms. The molecule has 5 heteroatoms. The van der Waals surface area contributed by atoms with E-state index < -0.39 is 0 Å². The lowest BCUT2D eigenvalue weighted by Gasteiger charge is -2.33. The molecule has 5 nitrogen and oxygen atoms in total. The third-order valence-electron chi connectivity index (χ3n) is 3.98. The van der Waals surface area contributed by atoms with E-state index in [0.717, 1.165) is 32.5 Å². The molecule has 1 aromatic rings. The van der Waals surface area contributed by atoms with Crippen LogP contribution in [0.15, 0.2) is 18.7 Å². The van der Waals surface area contributed by atoms with Crippen LogP contribution in [-0.2, 0) is 11.3 Å². The molecule has 2 rings (SSSR count). The second-order valence-electron chi connectivity index (χ2n) is 6.73. The zero-order valence-corrected chi connectivity index (χ0v) is 12.7. The van der Waals surface area contributed by atoms with Gasteiger partial charge in [-0.25, -0.2) is 4.98 Å². The van der Waals surface area contributed by atoms with E-state index in [4.69, 9.17) is 0 Å². The molecule has 0 radical (unpaired) electrons. The van der Waals surface area contributed by atoms with Gasteiger partial charge in [0.25, 0.3) is 0 Å². The summed E-state index contributed by atoms with van der Waals surface area (Å²) < 4.78 is 2.02. The monoisotopic (exact) mass is 278 g/mol. The minimum absolute atomic E-state index is 0.0159. The molecule has 0 aromatic carbocycles. The molecule has 1 aromatic heterocycles. The summed E-state index contributed by atoms with van der Waals surface area (Å²) in [7, 11) is 0. The zero-order chi connectivity index (χ0) is 14.6. The van der Waals surface area contributed by atoms with Gasteiger partial charge in [-0.05, 0) is 24.8 Å². The van der Waals surface area contributed by atoms with E-state index in [1.54, 1.807) is 12.5 Å². The molecule has 2 heterocycles. The number of piperidine rings is 1.